The second-order valence-electron chi connectivity index (χ2n) is 6.46. The average Bonchev–Trinajstić information content (AvgIpc) is 2.59. The van der Waals surface area contributed by atoms with E-state index in [1.165, 1.54) is 23.0 Å². The molecule has 0 saturated heterocycles. The maximum absolute atomic E-state index is 12.4. The van der Waals surface area contributed by atoms with Crippen molar-refractivity contribution >= 4 is 15.7 Å². The van der Waals surface area contributed by atoms with Crippen molar-refractivity contribution in [3.8, 4) is 11.1 Å². The van der Waals surface area contributed by atoms with Crippen LogP contribution in [0.4, 0.5) is 0 Å². The van der Waals surface area contributed by atoms with Crippen molar-refractivity contribution in [2.45, 2.75) is 31.6 Å². The van der Waals surface area contributed by atoms with Gasteiger partial charge in [0, 0.05) is 25.1 Å². The summed E-state index contributed by atoms with van der Waals surface area (Å²) in [6, 6.07) is 10.9. The van der Waals surface area contributed by atoms with Crippen LogP contribution in [-0.2, 0) is 21.2 Å². The lowest BCUT2D eigenvalue weighted by Gasteiger charge is -2.25. The molecule has 0 aliphatic rings. The van der Waals surface area contributed by atoms with Crippen molar-refractivity contribution in [1.82, 2.24) is 10.0 Å². The molecule has 0 aliphatic heterocycles. The van der Waals surface area contributed by atoms with Crippen LogP contribution in [0.25, 0.3) is 11.1 Å². The first kappa shape index (κ1) is 19.9. The smallest absolute Gasteiger partial charge is 0.264 e. The predicted molar refractivity (Wildman–Crippen MR) is 98.7 cm³/mol. The number of carbonyl (C=O) groups is 1. The summed E-state index contributed by atoms with van der Waals surface area (Å²) in [7, 11) is -3.80. The SMILES string of the molecule is Cc1ccccc1-c1ccn(CCC(C)(C(=O)NO)S(C)(=O)=O)c(=O)c1. The van der Waals surface area contributed by atoms with Crippen LogP contribution in [0.2, 0.25) is 0 Å². The van der Waals surface area contributed by atoms with E-state index in [1.807, 2.05) is 31.2 Å². The minimum absolute atomic E-state index is 0.0177. The molecule has 1 unspecified atom stereocenters. The molecule has 26 heavy (non-hydrogen) atoms. The Balaban J connectivity index is 2.30. The van der Waals surface area contributed by atoms with Gasteiger partial charge in [-0.25, -0.2) is 13.9 Å². The Kier molecular flexibility index (Phi) is 5.68. The molecule has 0 aliphatic carbocycles. The summed E-state index contributed by atoms with van der Waals surface area (Å²) >= 11 is 0. The molecule has 0 bridgehead atoms. The van der Waals surface area contributed by atoms with Gasteiger partial charge < -0.3 is 4.57 Å². The third kappa shape index (κ3) is 3.86. The molecule has 8 heteroatoms. The summed E-state index contributed by atoms with van der Waals surface area (Å²) < 4.78 is 23.5. The van der Waals surface area contributed by atoms with Crippen molar-refractivity contribution in [2.24, 2.45) is 0 Å². The fourth-order valence-corrected chi connectivity index (χ4v) is 3.52. The number of pyridine rings is 1. The fourth-order valence-electron chi connectivity index (χ4n) is 2.68. The van der Waals surface area contributed by atoms with Gasteiger partial charge in [-0.15, -0.1) is 0 Å². The molecule has 2 rings (SSSR count). The van der Waals surface area contributed by atoms with E-state index < -0.39 is 20.5 Å². The topological polar surface area (TPSA) is 105 Å². The molecule has 2 aromatic rings. The Morgan fingerprint density at radius 3 is 2.46 bits per heavy atom. The van der Waals surface area contributed by atoms with E-state index in [1.54, 1.807) is 12.3 Å². The van der Waals surface area contributed by atoms with Crippen LogP contribution in [0, 0.1) is 6.92 Å². The number of rotatable bonds is 6. The minimum Gasteiger partial charge on any atom is -0.315 e. The van der Waals surface area contributed by atoms with Gasteiger partial charge in [0.1, 0.15) is 0 Å². The zero-order chi connectivity index (χ0) is 19.5. The standard InChI is InChI=1S/C18H22N2O5S/c1-13-6-4-5-7-15(13)14-8-10-20(16(21)12-14)11-9-18(2,17(22)19-23)26(3,24)25/h4-8,10,12,23H,9,11H2,1-3H3,(H,19,22). The van der Waals surface area contributed by atoms with Gasteiger partial charge in [-0.05, 0) is 43.0 Å². The first-order chi connectivity index (χ1) is 12.1. The van der Waals surface area contributed by atoms with E-state index in [0.29, 0.717) is 0 Å². The summed E-state index contributed by atoms with van der Waals surface area (Å²) in [5.41, 5.74) is 3.84. The van der Waals surface area contributed by atoms with Crippen molar-refractivity contribution < 1.29 is 18.4 Å². The van der Waals surface area contributed by atoms with E-state index in [4.69, 9.17) is 5.21 Å². The Hall–Kier alpha value is -2.45. The molecule has 1 aromatic carbocycles. The van der Waals surface area contributed by atoms with E-state index in [2.05, 4.69) is 0 Å². The third-order valence-electron chi connectivity index (χ3n) is 4.68. The first-order valence-electron chi connectivity index (χ1n) is 8.01. The lowest BCUT2D eigenvalue weighted by atomic mass is 10.0. The molecule has 140 valence electrons. The highest BCUT2D eigenvalue weighted by atomic mass is 32.2. The summed E-state index contributed by atoms with van der Waals surface area (Å²) in [6.07, 6.45) is 2.35. The van der Waals surface area contributed by atoms with Gasteiger partial charge in [0.25, 0.3) is 11.5 Å². The van der Waals surface area contributed by atoms with Crippen molar-refractivity contribution in [3.63, 3.8) is 0 Å². The third-order valence-corrected chi connectivity index (χ3v) is 6.71. The quantitative estimate of drug-likeness (QED) is 0.586. The number of carbonyl (C=O) groups excluding carboxylic acids is 1. The molecule has 1 atom stereocenters. The number of nitrogens with one attached hydrogen (secondary N) is 1. The first-order valence-corrected chi connectivity index (χ1v) is 9.90. The van der Waals surface area contributed by atoms with Crippen LogP contribution in [0.1, 0.15) is 18.9 Å². The predicted octanol–water partition coefficient (Wildman–Crippen LogP) is 1.52. The van der Waals surface area contributed by atoms with Crippen LogP contribution in [-0.4, -0.2) is 35.1 Å². The largest absolute Gasteiger partial charge is 0.315 e. The molecule has 0 radical (unpaired) electrons. The zero-order valence-electron chi connectivity index (χ0n) is 14.9. The highest BCUT2D eigenvalue weighted by Gasteiger charge is 2.43. The Bertz CT molecular complexity index is 981. The summed E-state index contributed by atoms with van der Waals surface area (Å²) in [6.45, 7) is 3.19. The van der Waals surface area contributed by atoms with Crippen molar-refractivity contribution in [2.75, 3.05) is 6.26 Å². The Labute approximate surface area is 152 Å². The number of aryl methyl sites for hydroxylation is 2. The van der Waals surface area contributed by atoms with Crippen LogP contribution in [0.15, 0.2) is 47.4 Å². The molecular formula is C18H22N2O5S. The Morgan fingerprint density at radius 2 is 1.92 bits per heavy atom. The maximum atomic E-state index is 12.4. The van der Waals surface area contributed by atoms with Crippen LogP contribution in [0.5, 0.6) is 0 Å². The molecule has 7 nitrogen and oxygen atoms in total. The van der Waals surface area contributed by atoms with E-state index in [0.717, 1.165) is 22.9 Å². The van der Waals surface area contributed by atoms with Crippen molar-refractivity contribution in [3.05, 3.63) is 58.5 Å². The van der Waals surface area contributed by atoms with Crippen LogP contribution >= 0.6 is 0 Å². The van der Waals surface area contributed by atoms with Gasteiger partial charge in [0.15, 0.2) is 14.6 Å². The normalized spacial score (nSPS) is 13.8. The number of nitrogens with zero attached hydrogens (tertiary/aromatic N) is 1. The van der Waals surface area contributed by atoms with Crippen LogP contribution < -0.4 is 11.0 Å². The number of aromatic nitrogens is 1. The summed E-state index contributed by atoms with van der Waals surface area (Å²) in [5.74, 6) is -1.02. The molecule has 1 amide bonds. The summed E-state index contributed by atoms with van der Waals surface area (Å²) in [5, 5.41) is 8.84. The number of hydrogen-bond donors (Lipinski definition) is 2. The van der Waals surface area contributed by atoms with Gasteiger partial charge in [-0.2, -0.15) is 0 Å². The molecule has 1 aromatic heterocycles. The maximum Gasteiger partial charge on any atom is 0.264 e. The second kappa shape index (κ2) is 7.43. The zero-order valence-corrected chi connectivity index (χ0v) is 15.7. The van der Waals surface area contributed by atoms with Gasteiger partial charge in [0.05, 0.1) is 0 Å². The molecule has 0 fully saturated rings. The van der Waals surface area contributed by atoms with E-state index in [-0.39, 0.29) is 18.5 Å². The molecular weight excluding hydrogens is 356 g/mol. The number of sulfone groups is 1. The van der Waals surface area contributed by atoms with Gasteiger partial charge in [-0.3, -0.25) is 14.8 Å². The fraction of sp³-hybridized carbons (Fsp3) is 0.333. The summed E-state index contributed by atoms with van der Waals surface area (Å²) in [4.78, 5) is 24.2. The minimum atomic E-state index is -3.80. The van der Waals surface area contributed by atoms with Gasteiger partial charge in [-0.1, -0.05) is 24.3 Å². The second-order valence-corrected chi connectivity index (χ2v) is 8.90. The van der Waals surface area contributed by atoms with Gasteiger partial charge >= 0.3 is 0 Å². The number of benzene rings is 1. The number of hydrogen-bond acceptors (Lipinski definition) is 5. The van der Waals surface area contributed by atoms with Crippen molar-refractivity contribution in [1.29, 1.82) is 0 Å². The van der Waals surface area contributed by atoms with E-state index in [9.17, 15) is 18.0 Å². The number of amides is 1. The monoisotopic (exact) mass is 378 g/mol. The molecule has 2 N–H and O–H groups in total. The lowest BCUT2D eigenvalue weighted by molar-refractivity contribution is -0.131. The highest BCUT2D eigenvalue weighted by molar-refractivity contribution is 7.92. The van der Waals surface area contributed by atoms with Crippen LogP contribution in [0.3, 0.4) is 0 Å². The lowest BCUT2D eigenvalue weighted by Crippen LogP contribution is -2.49. The Morgan fingerprint density at radius 1 is 1.27 bits per heavy atom. The molecule has 1 heterocycles. The number of hydroxylamine groups is 1. The highest BCUT2D eigenvalue weighted by Crippen LogP contribution is 2.23. The molecule has 0 spiro atoms. The average molecular weight is 378 g/mol. The van der Waals surface area contributed by atoms with E-state index >= 15 is 0 Å². The van der Waals surface area contributed by atoms with Gasteiger partial charge in [0.2, 0.25) is 0 Å². The molecule has 0 saturated carbocycles.